The third-order valence-corrected chi connectivity index (χ3v) is 4.27. The lowest BCUT2D eigenvalue weighted by Gasteiger charge is -2.34. The van der Waals surface area contributed by atoms with E-state index in [1.807, 2.05) is 6.07 Å². The van der Waals surface area contributed by atoms with Gasteiger partial charge in [-0.15, -0.1) is 0 Å². The van der Waals surface area contributed by atoms with Crippen LogP contribution >= 0.6 is 0 Å². The van der Waals surface area contributed by atoms with Crippen LogP contribution in [0.3, 0.4) is 0 Å². The number of piperazine rings is 1. The molecule has 0 bridgehead atoms. The normalized spacial score (nSPS) is 16.1. The second kappa shape index (κ2) is 5.96. The molecule has 0 radical (unpaired) electrons. The minimum Gasteiger partial charge on any atom is -0.341 e. The number of nitrogens with zero attached hydrogens (tertiary/aromatic N) is 5. The van der Waals surface area contributed by atoms with Crippen molar-refractivity contribution in [3.05, 3.63) is 48.0 Å². The van der Waals surface area contributed by atoms with Gasteiger partial charge in [0.2, 0.25) is 5.95 Å². The van der Waals surface area contributed by atoms with Crippen LogP contribution in [0, 0.1) is 6.92 Å². The van der Waals surface area contributed by atoms with Crippen molar-refractivity contribution >= 4 is 17.0 Å². The molecular weight excluding hydrogens is 288 g/mol. The van der Waals surface area contributed by atoms with E-state index >= 15 is 0 Å². The average molecular weight is 308 g/mol. The predicted molar refractivity (Wildman–Crippen MR) is 90.4 cm³/mol. The van der Waals surface area contributed by atoms with Crippen LogP contribution in [0.4, 0.5) is 5.95 Å². The van der Waals surface area contributed by atoms with Crippen molar-refractivity contribution in [1.29, 1.82) is 0 Å². The van der Waals surface area contributed by atoms with E-state index in [-0.39, 0.29) is 0 Å². The molecule has 0 amide bonds. The lowest BCUT2D eigenvalue weighted by molar-refractivity contribution is 0.244. The maximum Gasteiger partial charge on any atom is 0.225 e. The largest absolute Gasteiger partial charge is 0.341 e. The van der Waals surface area contributed by atoms with Crippen molar-refractivity contribution in [1.82, 2.24) is 24.8 Å². The van der Waals surface area contributed by atoms with Crippen LogP contribution in [0.15, 0.2) is 36.7 Å². The van der Waals surface area contributed by atoms with Gasteiger partial charge in [-0.25, -0.2) is 15.0 Å². The molecular formula is C17H20N6. The zero-order valence-corrected chi connectivity index (χ0v) is 13.2. The molecule has 1 aliphatic rings. The number of rotatable bonds is 3. The second-order valence-corrected chi connectivity index (χ2v) is 6.02. The molecule has 0 spiro atoms. The summed E-state index contributed by atoms with van der Waals surface area (Å²) in [7, 11) is 0. The van der Waals surface area contributed by atoms with Crippen LogP contribution in [0.25, 0.3) is 11.0 Å². The first-order valence-electron chi connectivity index (χ1n) is 7.97. The molecule has 3 heterocycles. The molecule has 0 atom stereocenters. The summed E-state index contributed by atoms with van der Waals surface area (Å²) in [5.41, 5.74) is 3.42. The number of H-pyrrole nitrogens is 1. The number of anilines is 1. The summed E-state index contributed by atoms with van der Waals surface area (Å²) >= 11 is 0. The lowest BCUT2D eigenvalue weighted by Crippen LogP contribution is -2.46. The summed E-state index contributed by atoms with van der Waals surface area (Å²) in [6.45, 7) is 6.84. The number of hydrogen-bond donors (Lipinski definition) is 1. The van der Waals surface area contributed by atoms with Crippen LogP contribution in [0.1, 0.15) is 11.4 Å². The lowest BCUT2D eigenvalue weighted by atomic mass is 10.2. The Kier molecular flexibility index (Phi) is 3.67. The van der Waals surface area contributed by atoms with Gasteiger partial charge in [-0.1, -0.05) is 6.07 Å². The standard InChI is InChI=1S/C17H20N6/c1-13-3-4-14-15(11-13)21-16(20-14)12-22-7-9-23(10-8-22)17-18-5-2-6-19-17/h2-6,11H,7-10,12H2,1H3,(H,20,21). The van der Waals surface area contributed by atoms with Crippen LogP contribution < -0.4 is 4.90 Å². The van der Waals surface area contributed by atoms with Gasteiger partial charge in [-0.2, -0.15) is 0 Å². The van der Waals surface area contributed by atoms with Crippen molar-refractivity contribution < 1.29 is 0 Å². The predicted octanol–water partition coefficient (Wildman–Crippen LogP) is 1.98. The highest BCUT2D eigenvalue weighted by atomic mass is 15.3. The van der Waals surface area contributed by atoms with Crippen molar-refractivity contribution in [2.24, 2.45) is 0 Å². The fourth-order valence-electron chi connectivity index (χ4n) is 3.02. The third kappa shape index (κ3) is 3.03. The Morgan fingerprint density at radius 1 is 1.09 bits per heavy atom. The molecule has 2 aromatic heterocycles. The summed E-state index contributed by atoms with van der Waals surface area (Å²) in [6.07, 6.45) is 3.59. The molecule has 1 aromatic carbocycles. The monoisotopic (exact) mass is 308 g/mol. The summed E-state index contributed by atoms with van der Waals surface area (Å²) in [6, 6.07) is 8.18. The molecule has 1 saturated heterocycles. The zero-order chi connectivity index (χ0) is 15.6. The van der Waals surface area contributed by atoms with Crippen LogP contribution in [0.5, 0.6) is 0 Å². The SMILES string of the molecule is Cc1ccc2nc(CN3CCN(c4ncccn4)CC3)[nH]c2c1. The van der Waals surface area contributed by atoms with Crippen molar-refractivity contribution in [3.8, 4) is 0 Å². The maximum atomic E-state index is 4.69. The first-order chi connectivity index (χ1) is 11.3. The van der Waals surface area contributed by atoms with Gasteiger partial charge in [0.25, 0.3) is 0 Å². The van der Waals surface area contributed by atoms with E-state index in [2.05, 4.69) is 54.9 Å². The topological polar surface area (TPSA) is 60.9 Å². The van der Waals surface area contributed by atoms with E-state index in [0.29, 0.717) is 0 Å². The Balaban J connectivity index is 1.40. The maximum absolute atomic E-state index is 4.69. The smallest absolute Gasteiger partial charge is 0.225 e. The van der Waals surface area contributed by atoms with Gasteiger partial charge in [0.15, 0.2) is 0 Å². The Morgan fingerprint density at radius 3 is 2.65 bits per heavy atom. The molecule has 0 unspecified atom stereocenters. The molecule has 4 rings (SSSR count). The van der Waals surface area contributed by atoms with E-state index in [4.69, 9.17) is 0 Å². The van der Waals surface area contributed by atoms with Gasteiger partial charge in [0, 0.05) is 38.6 Å². The first-order valence-corrected chi connectivity index (χ1v) is 7.97. The fraction of sp³-hybridized carbons (Fsp3) is 0.353. The van der Waals surface area contributed by atoms with Crippen LogP contribution in [-0.2, 0) is 6.54 Å². The molecule has 0 aliphatic carbocycles. The highest BCUT2D eigenvalue weighted by molar-refractivity contribution is 5.75. The van der Waals surface area contributed by atoms with Gasteiger partial charge < -0.3 is 9.88 Å². The van der Waals surface area contributed by atoms with E-state index in [9.17, 15) is 0 Å². The van der Waals surface area contributed by atoms with E-state index < -0.39 is 0 Å². The molecule has 118 valence electrons. The first kappa shape index (κ1) is 14.1. The minimum absolute atomic E-state index is 0.825. The Labute approximate surface area is 135 Å². The van der Waals surface area contributed by atoms with Crippen molar-refractivity contribution in [2.75, 3.05) is 31.1 Å². The van der Waals surface area contributed by atoms with Gasteiger partial charge in [-0.3, -0.25) is 4.90 Å². The van der Waals surface area contributed by atoms with Gasteiger partial charge in [0.05, 0.1) is 17.6 Å². The Bertz CT molecular complexity index is 789. The average Bonchev–Trinajstić information content (AvgIpc) is 2.97. The van der Waals surface area contributed by atoms with E-state index in [0.717, 1.165) is 55.5 Å². The quantitative estimate of drug-likeness (QED) is 0.802. The highest BCUT2D eigenvalue weighted by Crippen LogP contribution is 2.16. The summed E-state index contributed by atoms with van der Waals surface area (Å²) in [5.74, 6) is 1.86. The number of nitrogens with one attached hydrogen (secondary N) is 1. The molecule has 1 aliphatic heterocycles. The third-order valence-electron chi connectivity index (χ3n) is 4.27. The number of aryl methyl sites for hydroxylation is 1. The molecule has 6 heteroatoms. The van der Waals surface area contributed by atoms with Gasteiger partial charge >= 0.3 is 0 Å². The van der Waals surface area contributed by atoms with E-state index in [1.54, 1.807) is 12.4 Å². The molecule has 0 saturated carbocycles. The Hall–Kier alpha value is -2.47. The Morgan fingerprint density at radius 2 is 1.87 bits per heavy atom. The fourth-order valence-corrected chi connectivity index (χ4v) is 3.02. The van der Waals surface area contributed by atoms with Crippen LogP contribution in [0.2, 0.25) is 0 Å². The molecule has 6 nitrogen and oxygen atoms in total. The van der Waals surface area contributed by atoms with E-state index in [1.165, 1.54) is 5.56 Å². The van der Waals surface area contributed by atoms with Crippen LogP contribution in [-0.4, -0.2) is 51.0 Å². The molecule has 1 fully saturated rings. The highest BCUT2D eigenvalue weighted by Gasteiger charge is 2.19. The van der Waals surface area contributed by atoms with Gasteiger partial charge in [0.1, 0.15) is 5.82 Å². The van der Waals surface area contributed by atoms with Gasteiger partial charge in [-0.05, 0) is 30.7 Å². The summed E-state index contributed by atoms with van der Waals surface area (Å²) < 4.78 is 0. The number of benzene rings is 1. The number of imidazole rings is 1. The number of aromatic amines is 1. The number of fused-ring (bicyclic) bond motifs is 1. The number of hydrogen-bond acceptors (Lipinski definition) is 5. The summed E-state index contributed by atoms with van der Waals surface area (Å²) in [4.78, 5) is 21.4. The van der Waals surface area contributed by atoms with Crippen molar-refractivity contribution in [3.63, 3.8) is 0 Å². The molecule has 23 heavy (non-hydrogen) atoms. The molecule has 3 aromatic rings. The zero-order valence-electron chi connectivity index (χ0n) is 13.2. The second-order valence-electron chi connectivity index (χ2n) is 6.02. The van der Waals surface area contributed by atoms with Crippen molar-refractivity contribution in [2.45, 2.75) is 13.5 Å². The number of aromatic nitrogens is 4. The molecule has 1 N–H and O–H groups in total. The summed E-state index contributed by atoms with van der Waals surface area (Å²) in [5, 5.41) is 0. The minimum atomic E-state index is 0.825.